The van der Waals surface area contributed by atoms with Gasteiger partial charge in [0.05, 0.1) is 19.3 Å². The molecule has 3 N–H and O–H groups in total. The molecule has 2 aromatic carbocycles. The Morgan fingerprint density at radius 3 is 2.68 bits per heavy atom. The van der Waals surface area contributed by atoms with Crippen LogP contribution < -0.4 is 10.6 Å². The van der Waals surface area contributed by atoms with Gasteiger partial charge in [-0.25, -0.2) is 4.39 Å². The first-order chi connectivity index (χ1) is 15.2. The third-order valence-corrected chi connectivity index (χ3v) is 5.79. The second-order valence-corrected chi connectivity index (χ2v) is 7.71. The second kappa shape index (κ2) is 10.4. The zero-order valence-electron chi connectivity index (χ0n) is 17.9. The van der Waals surface area contributed by atoms with Gasteiger partial charge < -0.3 is 20.4 Å². The van der Waals surface area contributed by atoms with E-state index < -0.39 is 0 Å². The Morgan fingerprint density at radius 2 is 1.90 bits per heavy atom. The van der Waals surface area contributed by atoms with Crippen LogP contribution in [0.5, 0.6) is 0 Å². The fourth-order valence-electron chi connectivity index (χ4n) is 4.10. The van der Waals surface area contributed by atoms with Crippen LogP contribution in [0.15, 0.2) is 59.7 Å². The molecule has 1 aliphatic heterocycles. The molecule has 1 aromatic heterocycles. The summed E-state index contributed by atoms with van der Waals surface area (Å²) >= 11 is 0. The number of ether oxygens (including phenoxy) is 1. The number of hydrogen-bond acceptors (Lipinski definition) is 3. The van der Waals surface area contributed by atoms with Crippen LogP contribution in [0.25, 0.3) is 10.9 Å². The quantitative estimate of drug-likeness (QED) is 0.404. The van der Waals surface area contributed by atoms with Gasteiger partial charge in [-0.3, -0.25) is 9.89 Å². The number of fused-ring (bicyclic) bond motifs is 1. The lowest BCUT2D eigenvalue weighted by Gasteiger charge is -2.35. The summed E-state index contributed by atoms with van der Waals surface area (Å²) < 4.78 is 18.9. The zero-order chi connectivity index (χ0) is 21.5. The van der Waals surface area contributed by atoms with Crippen LogP contribution >= 0.6 is 0 Å². The van der Waals surface area contributed by atoms with Gasteiger partial charge in [-0.1, -0.05) is 30.3 Å². The molecular weight excluding hydrogens is 393 g/mol. The largest absolute Gasteiger partial charge is 0.379 e. The summed E-state index contributed by atoms with van der Waals surface area (Å²) in [7, 11) is 1.78. The first-order valence-corrected chi connectivity index (χ1v) is 10.8. The summed E-state index contributed by atoms with van der Waals surface area (Å²) in [5, 5.41) is 8.13. The predicted octanol–water partition coefficient (Wildman–Crippen LogP) is 3.09. The van der Waals surface area contributed by atoms with Crippen molar-refractivity contribution in [1.29, 1.82) is 0 Å². The van der Waals surface area contributed by atoms with Crippen LogP contribution in [0, 0.1) is 5.82 Å². The van der Waals surface area contributed by atoms with E-state index in [9.17, 15) is 4.39 Å². The summed E-state index contributed by atoms with van der Waals surface area (Å²) in [5.74, 6) is 0.549. The highest BCUT2D eigenvalue weighted by Crippen LogP contribution is 2.22. The van der Waals surface area contributed by atoms with E-state index in [0.717, 1.165) is 56.3 Å². The van der Waals surface area contributed by atoms with Crippen molar-refractivity contribution < 1.29 is 9.13 Å². The number of guanidine groups is 1. The van der Waals surface area contributed by atoms with Gasteiger partial charge in [-0.15, -0.1) is 0 Å². The molecule has 1 atom stereocenters. The van der Waals surface area contributed by atoms with Gasteiger partial charge in [-0.2, -0.15) is 0 Å². The maximum atomic E-state index is 13.4. The highest BCUT2D eigenvalue weighted by atomic mass is 19.1. The molecule has 1 saturated heterocycles. The lowest BCUT2D eigenvalue weighted by molar-refractivity contribution is 0.0170. The van der Waals surface area contributed by atoms with Crippen molar-refractivity contribution in [2.75, 3.05) is 46.4 Å². The Morgan fingerprint density at radius 1 is 1.13 bits per heavy atom. The lowest BCUT2D eigenvalue weighted by Crippen LogP contribution is -2.46. The van der Waals surface area contributed by atoms with Crippen LogP contribution in [0.2, 0.25) is 0 Å². The van der Waals surface area contributed by atoms with Crippen LogP contribution in [0.1, 0.15) is 17.2 Å². The molecule has 7 heteroatoms. The van der Waals surface area contributed by atoms with Crippen LogP contribution in [-0.2, 0) is 11.2 Å². The van der Waals surface area contributed by atoms with E-state index in [1.54, 1.807) is 7.05 Å². The maximum absolute atomic E-state index is 13.4. The number of H-pyrrole nitrogens is 1. The van der Waals surface area contributed by atoms with E-state index in [0.29, 0.717) is 6.54 Å². The fraction of sp³-hybridized carbons (Fsp3) is 0.375. The zero-order valence-corrected chi connectivity index (χ0v) is 17.9. The van der Waals surface area contributed by atoms with E-state index in [2.05, 4.69) is 49.9 Å². The summed E-state index contributed by atoms with van der Waals surface area (Å²) in [6.45, 7) is 4.61. The average molecular weight is 424 g/mol. The van der Waals surface area contributed by atoms with Crippen molar-refractivity contribution in [3.05, 3.63) is 71.7 Å². The molecule has 0 radical (unpaired) electrons. The number of halogens is 1. The number of aliphatic imine (C=N–C) groups is 1. The topological polar surface area (TPSA) is 64.7 Å². The number of rotatable bonds is 7. The Hall–Kier alpha value is -2.90. The Balaban J connectivity index is 1.35. The number of hydrogen-bond donors (Lipinski definition) is 3. The minimum absolute atomic E-state index is 0.122. The van der Waals surface area contributed by atoms with E-state index in [4.69, 9.17) is 4.74 Å². The molecule has 1 aliphatic rings. The molecule has 2 heterocycles. The van der Waals surface area contributed by atoms with E-state index in [1.807, 2.05) is 18.2 Å². The van der Waals surface area contributed by atoms with Gasteiger partial charge in [0.1, 0.15) is 5.82 Å². The van der Waals surface area contributed by atoms with Gasteiger partial charge in [0.25, 0.3) is 0 Å². The Labute approximate surface area is 182 Å². The lowest BCUT2D eigenvalue weighted by atomic mass is 10.0. The van der Waals surface area contributed by atoms with Crippen molar-refractivity contribution in [1.82, 2.24) is 20.5 Å². The first kappa shape index (κ1) is 21.3. The van der Waals surface area contributed by atoms with Crippen LogP contribution in [0.4, 0.5) is 4.39 Å². The van der Waals surface area contributed by atoms with Crippen LogP contribution in [0.3, 0.4) is 0 Å². The van der Waals surface area contributed by atoms with Gasteiger partial charge in [0.2, 0.25) is 0 Å². The first-order valence-electron chi connectivity index (χ1n) is 10.8. The third kappa shape index (κ3) is 5.42. The number of aromatic amines is 1. The molecule has 4 rings (SSSR count). The summed E-state index contributed by atoms with van der Waals surface area (Å²) in [4.78, 5) is 10.1. The third-order valence-electron chi connectivity index (χ3n) is 5.79. The normalized spacial score (nSPS) is 16.4. The molecule has 0 bridgehead atoms. The fourth-order valence-corrected chi connectivity index (χ4v) is 4.10. The molecule has 1 fully saturated rings. The number of nitrogens with one attached hydrogen (secondary N) is 3. The summed E-state index contributed by atoms with van der Waals surface area (Å²) in [6.07, 6.45) is 2.97. The minimum atomic E-state index is -0.216. The Bertz CT molecular complexity index is 995. The maximum Gasteiger partial charge on any atom is 0.191 e. The predicted molar refractivity (Wildman–Crippen MR) is 123 cm³/mol. The van der Waals surface area contributed by atoms with Gasteiger partial charge in [0, 0.05) is 50.3 Å². The molecular formula is C24H30FN5O. The number of benzene rings is 2. The molecule has 0 spiro atoms. The smallest absolute Gasteiger partial charge is 0.191 e. The average Bonchev–Trinajstić information content (AvgIpc) is 3.23. The molecule has 0 amide bonds. The molecule has 164 valence electrons. The highest BCUT2D eigenvalue weighted by molar-refractivity contribution is 5.83. The molecule has 6 nitrogen and oxygen atoms in total. The van der Waals surface area contributed by atoms with Crippen molar-refractivity contribution in [3.8, 4) is 0 Å². The monoisotopic (exact) mass is 423 g/mol. The molecule has 31 heavy (non-hydrogen) atoms. The Kier molecular flexibility index (Phi) is 7.17. The van der Waals surface area contributed by atoms with E-state index in [1.165, 1.54) is 23.1 Å². The second-order valence-electron chi connectivity index (χ2n) is 7.71. The number of nitrogens with zero attached hydrogens (tertiary/aromatic N) is 2. The van der Waals surface area contributed by atoms with Crippen molar-refractivity contribution in [3.63, 3.8) is 0 Å². The van der Waals surface area contributed by atoms with Crippen molar-refractivity contribution in [2.45, 2.75) is 12.5 Å². The molecule has 1 unspecified atom stereocenters. The standard InChI is InChI=1S/C24H30FN5O/c1-26-24(27-11-10-19-16-28-22-5-3-2-4-21(19)22)29-17-23(30-12-14-31-15-13-30)18-6-8-20(25)9-7-18/h2-9,16,23,28H,10-15,17H2,1H3,(H2,26,27,29). The SMILES string of the molecule is CN=C(NCCc1c[nH]c2ccccc12)NCC(c1ccc(F)cc1)N1CCOCC1. The molecule has 3 aromatic rings. The summed E-state index contributed by atoms with van der Waals surface area (Å²) in [6, 6.07) is 15.2. The van der Waals surface area contributed by atoms with Gasteiger partial charge >= 0.3 is 0 Å². The van der Waals surface area contributed by atoms with Crippen molar-refractivity contribution in [2.24, 2.45) is 4.99 Å². The highest BCUT2D eigenvalue weighted by Gasteiger charge is 2.23. The molecule has 0 saturated carbocycles. The van der Waals surface area contributed by atoms with Gasteiger partial charge in [-0.05, 0) is 35.7 Å². The number of para-hydroxylation sites is 1. The molecule has 0 aliphatic carbocycles. The van der Waals surface area contributed by atoms with Crippen molar-refractivity contribution >= 4 is 16.9 Å². The number of morpholine rings is 1. The minimum Gasteiger partial charge on any atom is -0.379 e. The summed E-state index contributed by atoms with van der Waals surface area (Å²) in [5.41, 5.74) is 3.54. The number of aromatic nitrogens is 1. The van der Waals surface area contributed by atoms with Gasteiger partial charge in [0.15, 0.2) is 5.96 Å². The van der Waals surface area contributed by atoms with Crippen LogP contribution in [-0.4, -0.2) is 62.3 Å². The van der Waals surface area contributed by atoms with E-state index in [-0.39, 0.29) is 11.9 Å². The van der Waals surface area contributed by atoms with E-state index >= 15 is 0 Å².